The molecule has 0 unspecified atom stereocenters. The summed E-state index contributed by atoms with van der Waals surface area (Å²) < 4.78 is 12.7. The van der Waals surface area contributed by atoms with Gasteiger partial charge in [0.2, 0.25) is 0 Å². The largest absolute Gasteiger partial charge is 0.366 e. The molecule has 0 aromatic heterocycles. The molecule has 3 heteroatoms. The van der Waals surface area contributed by atoms with Gasteiger partial charge < -0.3 is 10.2 Å². The molecule has 0 saturated carbocycles. The van der Waals surface area contributed by atoms with Crippen LogP contribution in [-0.4, -0.2) is 25.2 Å². The highest BCUT2D eigenvalue weighted by molar-refractivity contribution is 5.49. The molecule has 2 aliphatic rings. The summed E-state index contributed by atoms with van der Waals surface area (Å²) in [7, 11) is 0. The number of halogens is 1. The van der Waals surface area contributed by atoms with Gasteiger partial charge in [-0.3, -0.25) is 0 Å². The lowest BCUT2D eigenvalue weighted by molar-refractivity contribution is 0.579. The Labute approximate surface area is 82.7 Å². The summed E-state index contributed by atoms with van der Waals surface area (Å²) in [5.41, 5.74) is 1.15. The van der Waals surface area contributed by atoms with Crippen LogP contribution >= 0.6 is 0 Å². The molecule has 14 heavy (non-hydrogen) atoms. The van der Waals surface area contributed by atoms with E-state index >= 15 is 0 Å². The van der Waals surface area contributed by atoms with Gasteiger partial charge in [-0.2, -0.15) is 0 Å². The molecule has 1 N–H and O–H groups in total. The summed E-state index contributed by atoms with van der Waals surface area (Å²) in [5.74, 6) is -0.156. The van der Waals surface area contributed by atoms with E-state index in [1.165, 1.54) is 18.6 Å². The minimum absolute atomic E-state index is 0.156. The number of anilines is 1. The fourth-order valence-electron chi connectivity index (χ4n) is 2.51. The van der Waals surface area contributed by atoms with Gasteiger partial charge in [0.05, 0.1) is 0 Å². The van der Waals surface area contributed by atoms with Crippen LogP contribution in [0.1, 0.15) is 6.42 Å². The van der Waals surface area contributed by atoms with Crippen molar-refractivity contribution < 1.29 is 4.39 Å². The topological polar surface area (TPSA) is 15.3 Å². The van der Waals surface area contributed by atoms with Gasteiger partial charge in [0.15, 0.2) is 0 Å². The predicted octanol–water partition coefficient (Wildman–Crippen LogP) is 1.38. The summed E-state index contributed by atoms with van der Waals surface area (Å²) in [5, 5.41) is 3.45. The lowest BCUT2D eigenvalue weighted by Crippen LogP contribution is -2.43. The first kappa shape index (κ1) is 8.24. The van der Waals surface area contributed by atoms with Crippen molar-refractivity contribution in [3.8, 4) is 0 Å². The van der Waals surface area contributed by atoms with Gasteiger partial charge in [0.1, 0.15) is 5.82 Å². The fourth-order valence-corrected chi connectivity index (χ4v) is 2.51. The third kappa shape index (κ3) is 1.20. The van der Waals surface area contributed by atoms with Crippen molar-refractivity contribution in [3.05, 3.63) is 30.1 Å². The van der Waals surface area contributed by atoms with E-state index in [2.05, 4.69) is 10.2 Å². The monoisotopic (exact) mass is 192 g/mol. The highest BCUT2D eigenvalue weighted by atomic mass is 19.1. The second-order valence-corrected chi connectivity index (χ2v) is 4.12. The summed E-state index contributed by atoms with van der Waals surface area (Å²) >= 11 is 0. The van der Waals surface area contributed by atoms with Crippen LogP contribution in [0.2, 0.25) is 0 Å². The molecule has 2 bridgehead atoms. The van der Waals surface area contributed by atoms with Crippen LogP contribution in [0.15, 0.2) is 24.3 Å². The highest BCUT2D eigenvalue weighted by Gasteiger charge is 2.37. The average molecular weight is 192 g/mol. The molecule has 0 amide bonds. The van der Waals surface area contributed by atoms with Gasteiger partial charge in [-0.15, -0.1) is 0 Å². The maximum Gasteiger partial charge on any atom is 0.123 e. The number of fused-ring (bicyclic) bond motifs is 2. The Balaban J connectivity index is 1.86. The maximum absolute atomic E-state index is 12.7. The first-order valence-electron chi connectivity index (χ1n) is 5.08. The van der Waals surface area contributed by atoms with Crippen molar-refractivity contribution in [2.24, 2.45) is 0 Å². The number of nitrogens with one attached hydrogen (secondary N) is 1. The minimum atomic E-state index is -0.156. The Morgan fingerprint density at radius 3 is 2.64 bits per heavy atom. The molecule has 2 atom stereocenters. The molecule has 2 saturated heterocycles. The van der Waals surface area contributed by atoms with Crippen LogP contribution in [0.4, 0.5) is 10.1 Å². The second kappa shape index (κ2) is 2.95. The third-order valence-electron chi connectivity index (χ3n) is 3.21. The molecule has 1 aromatic rings. The van der Waals surface area contributed by atoms with Crippen LogP contribution in [0, 0.1) is 5.82 Å². The van der Waals surface area contributed by atoms with E-state index < -0.39 is 0 Å². The molecule has 74 valence electrons. The van der Waals surface area contributed by atoms with Crippen molar-refractivity contribution in [2.75, 3.05) is 18.0 Å². The van der Waals surface area contributed by atoms with Gasteiger partial charge in [-0.05, 0) is 30.7 Å². The number of hydrogen-bond acceptors (Lipinski definition) is 2. The maximum atomic E-state index is 12.7. The molecule has 0 spiro atoms. The van der Waals surface area contributed by atoms with Crippen LogP contribution in [0.3, 0.4) is 0 Å². The zero-order valence-corrected chi connectivity index (χ0v) is 7.91. The summed E-state index contributed by atoms with van der Waals surface area (Å²) in [6, 6.07) is 8.07. The molecule has 2 heterocycles. The van der Waals surface area contributed by atoms with Gasteiger partial charge in [0, 0.05) is 30.9 Å². The Hall–Kier alpha value is -1.09. The van der Waals surface area contributed by atoms with Gasteiger partial charge in [-0.25, -0.2) is 4.39 Å². The average Bonchev–Trinajstić information content (AvgIpc) is 2.80. The molecule has 2 fully saturated rings. The Morgan fingerprint density at radius 1 is 1.29 bits per heavy atom. The molecular weight excluding hydrogens is 179 g/mol. The van der Waals surface area contributed by atoms with Gasteiger partial charge >= 0.3 is 0 Å². The zero-order valence-electron chi connectivity index (χ0n) is 7.91. The number of nitrogens with zero attached hydrogens (tertiary/aromatic N) is 1. The van der Waals surface area contributed by atoms with E-state index in [9.17, 15) is 4.39 Å². The molecule has 2 nitrogen and oxygen atoms in total. The quantitative estimate of drug-likeness (QED) is 0.723. The van der Waals surface area contributed by atoms with Gasteiger partial charge in [-0.1, -0.05) is 0 Å². The third-order valence-corrected chi connectivity index (χ3v) is 3.21. The molecular formula is C11H13FN2. The molecule has 2 aliphatic heterocycles. The minimum Gasteiger partial charge on any atom is -0.366 e. The van der Waals surface area contributed by atoms with Crippen molar-refractivity contribution in [3.63, 3.8) is 0 Å². The van der Waals surface area contributed by atoms with Crippen LogP contribution in [-0.2, 0) is 0 Å². The van der Waals surface area contributed by atoms with Crippen molar-refractivity contribution in [1.29, 1.82) is 0 Å². The van der Waals surface area contributed by atoms with E-state index in [1.54, 1.807) is 0 Å². The molecule has 0 radical (unpaired) electrons. The van der Waals surface area contributed by atoms with Crippen molar-refractivity contribution in [1.82, 2.24) is 5.32 Å². The van der Waals surface area contributed by atoms with E-state index in [-0.39, 0.29) is 5.82 Å². The first-order valence-corrected chi connectivity index (χ1v) is 5.08. The summed E-state index contributed by atoms with van der Waals surface area (Å²) in [6.07, 6.45) is 1.23. The van der Waals surface area contributed by atoms with E-state index in [1.807, 2.05) is 12.1 Å². The van der Waals surface area contributed by atoms with E-state index in [0.29, 0.717) is 12.1 Å². The zero-order chi connectivity index (χ0) is 9.54. The second-order valence-electron chi connectivity index (χ2n) is 4.12. The number of rotatable bonds is 1. The number of piperazine rings is 1. The SMILES string of the molecule is Fc1ccc(N2C[C@@H]3C[C@H]2CN3)cc1. The predicted molar refractivity (Wildman–Crippen MR) is 53.9 cm³/mol. The van der Waals surface area contributed by atoms with Crippen LogP contribution < -0.4 is 10.2 Å². The van der Waals surface area contributed by atoms with E-state index in [4.69, 9.17) is 0 Å². The lowest BCUT2D eigenvalue weighted by Gasteiger charge is -2.29. The Kier molecular flexibility index (Phi) is 1.74. The standard InChI is InChI=1S/C11H13FN2/c12-8-1-3-10(4-2-8)14-7-9-5-11(14)6-13-9/h1-4,9,11,13H,5-7H2/t9-,11-/m0/s1. The first-order chi connectivity index (χ1) is 6.83. The smallest absolute Gasteiger partial charge is 0.123 e. The fraction of sp³-hybridized carbons (Fsp3) is 0.455. The normalized spacial score (nSPS) is 29.9. The van der Waals surface area contributed by atoms with Crippen LogP contribution in [0.5, 0.6) is 0 Å². The van der Waals surface area contributed by atoms with E-state index in [0.717, 1.165) is 18.8 Å². The summed E-state index contributed by atoms with van der Waals surface area (Å²) in [6.45, 7) is 2.14. The van der Waals surface area contributed by atoms with Crippen LogP contribution in [0.25, 0.3) is 0 Å². The number of benzene rings is 1. The molecule has 3 rings (SSSR count). The Bertz CT molecular complexity index is 336. The Morgan fingerprint density at radius 2 is 2.07 bits per heavy atom. The van der Waals surface area contributed by atoms with Crippen molar-refractivity contribution in [2.45, 2.75) is 18.5 Å². The van der Waals surface area contributed by atoms with Gasteiger partial charge in [0.25, 0.3) is 0 Å². The summed E-state index contributed by atoms with van der Waals surface area (Å²) in [4.78, 5) is 2.38. The highest BCUT2D eigenvalue weighted by Crippen LogP contribution is 2.29. The lowest BCUT2D eigenvalue weighted by atomic mass is 10.2. The molecule has 1 aromatic carbocycles. The number of hydrogen-bond donors (Lipinski definition) is 1. The molecule has 0 aliphatic carbocycles. The van der Waals surface area contributed by atoms with Crippen molar-refractivity contribution >= 4 is 5.69 Å².